The van der Waals surface area contributed by atoms with Gasteiger partial charge in [0, 0.05) is 39.2 Å². The number of hydrogen-bond donors (Lipinski definition) is 2. The van der Waals surface area contributed by atoms with Crippen LogP contribution in [0.1, 0.15) is 57.4 Å². The van der Waals surface area contributed by atoms with E-state index in [0.717, 1.165) is 31.2 Å². The van der Waals surface area contributed by atoms with Gasteiger partial charge in [-0.15, -0.1) is 0 Å². The van der Waals surface area contributed by atoms with Crippen molar-refractivity contribution in [3.8, 4) is 5.75 Å². The highest BCUT2D eigenvalue weighted by Gasteiger charge is 2.26. The molecule has 0 atom stereocenters. The molecule has 1 fully saturated rings. The van der Waals surface area contributed by atoms with Gasteiger partial charge in [0.15, 0.2) is 0 Å². The number of carbonyl (C=O) groups excluding carboxylic acids is 3. The molecule has 0 saturated heterocycles. The third kappa shape index (κ3) is 8.15. The first kappa shape index (κ1) is 26.3. The minimum Gasteiger partial charge on any atom is -0.494 e. The molecule has 35 heavy (non-hydrogen) atoms. The number of nitrogens with zero attached hydrogens (tertiary/aromatic N) is 3. The monoisotopic (exact) mass is 487 g/mol. The molecule has 192 valence electrons. The summed E-state index contributed by atoms with van der Waals surface area (Å²) in [6.45, 7) is 3.08. The molecular formula is C25H37N5O5. The summed E-state index contributed by atoms with van der Waals surface area (Å²) >= 11 is 0. The van der Waals surface area contributed by atoms with Crippen LogP contribution in [0.3, 0.4) is 0 Å². The van der Waals surface area contributed by atoms with Crippen molar-refractivity contribution in [1.82, 2.24) is 20.4 Å². The summed E-state index contributed by atoms with van der Waals surface area (Å²) in [5.74, 6) is 0.709. The highest BCUT2D eigenvalue weighted by atomic mass is 16.5. The Morgan fingerprint density at radius 1 is 1.17 bits per heavy atom. The molecule has 0 aromatic heterocycles. The van der Waals surface area contributed by atoms with Gasteiger partial charge in [-0.2, -0.15) is 0 Å². The molecule has 0 spiro atoms. The standard InChI is InChI=1S/C25H37N5O5/c1-4-26-25(33)28-24-27-21-13-12-20(34-14-8-11-22(31)29(2)3)15-18(21)16-30(24)17-23(32)35-19-9-6-5-7-10-19/h12-13,15,19H,4-11,14,16-17H2,1-3H3,(H2,26,27,28,33). The van der Waals surface area contributed by atoms with Gasteiger partial charge in [0.1, 0.15) is 18.4 Å². The Kier molecular flexibility index (Phi) is 9.75. The molecule has 3 amide bonds. The number of ether oxygens (including phenoxy) is 2. The zero-order chi connectivity index (χ0) is 25.2. The Bertz CT molecular complexity index is 927. The summed E-state index contributed by atoms with van der Waals surface area (Å²) in [5.41, 5.74) is 1.57. The number of hydrogen-bond acceptors (Lipinski definition) is 7. The number of amides is 3. The van der Waals surface area contributed by atoms with Crippen LogP contribution in [0.4, 0.5) is 10.5 Å². The van der Waals surface area contributed by atoms with Crippen molar-refractivity contribution in [2.75, 3.05) is 33.8 Å². The molecule has 0 radical (unpaired) electrons. The minimum absolute atomic E-state index is 0.0150. The fraction of sp³-hybridized carbons (Fsp3) is 0.600. The number of benzene rings is 1. The number of fused-ring (bicyclic) bond motifs is 1. The lowest BCUT2D eigenvalue weighted by atomic mass is 9.98. The quantitative estimate of drug-likeness (QED) is 0.409. The van der Waals surface area contributed by atoms with Crippen molar-refractivity contribution in [2.45, 2.75) is 64.5 Å². The lowest BCUT2D eigenvalue weighted by molar-refractivity contribution is -0.151. The molecule has 1 aliphatic heterocycles. The Balaban J connectivity index is 1.66. The molecule has 1 aliphatic carbocycles. The molecule has 1 saturated carbocycles. The van der Waals surface area contributed by atoms with Crippen LogP contribution in [0, 0.1) is 0 Å². The Morgan fingerprint density at radius 2 is 1.94 bits per heavy atom. The van der Waals surface area contributed by atoms with Crippen molar-refractivity contribution in [1.29, 1.82) is 0 Å². The van der Waals surface area contributed by atoms with E-state index in [1.54, 1.807) is 23.9 Å². The van der Waals surface area contributed by atoms with Gasteiger partial charge in [-0.3, -0.25) is 14.9 Å². The predicted molar refractivity (Wildman–Crippen MR) is 133 cm³/mol. The third-order valence-electron chi connectivity index (χ3n) is 5.97. The lowest BCUT2D eigenvalue weighted by Crippen LogP contribution is -2.50. The van der Waals surface area contributed by atoms with E-state index in [9.17, 15) is 14.4 Å². The van der Waals surface area contributed by atoms with Crippen LogP contribution >= 0.6 is 0 Å². The van der Waals surface area contributed by atoms with E-state index >= 15 is 0 Å². The maximum atomic E-state index is 12.7. The zero-order valence-corrected chi connectivity index (χ0v) is 21.0. The highest BCUT2D eigenvalue weighted by molar-refractivity contribution is 5.99. The second-order valence-corrected chi connectivity index (χ2v) is 9.06. The van der Waals surface area contributed by atoms with Crippen LogP contribution < -0.4 is 15.4 Å². The topological polar surface area (TPSA) is 113 Å². The molecule has 0 bridgehead atoms. The fourth-order valence-electron chi connectivity index (χ4n) is 4.10. The van der Waals surface area contributed by atoms with E-state index in [2.05, 4.69) is 15.6 Å². The van der Waals surface area contributed by atoms with Gasteiger partial charge < -0.3 is 24.6 Å². The van der Waals surface area contributed by atoms with Crippen molar-refractivity contribution < 1.29 is 23.9 Å². The summed E-state index contributed by atoms with van der Waals surface area (Å²) in [6, 6.07) is 5.14. The molecule has 0 unspecified atom stereocenters. The number of urea groups is 1. The molecule has 10 nitrogen and oxygen atoms in total. The maximum absolute atomic E-state index is 12.7. The van der Waals surface area contributed by atoms with E-state index in [0.29, 0.717) is 49.9 Å². The first-order chi connectivity index (χ1) is 16.9. The van der Waals surface area contributed by atoms with Crippen molar-refractivity contribution in [3.05, 3.63) is 23.8 Å². The van der Waals surface area contributed by atoms with Gasteiger partial charge in [-0.25, -0.2) is 9.79 Å². The van der Waals surface area contributed by atoms with E-state index in [4.69, 9.17) is 9.47 Å². The van der Waals surface area contributed by atoms with Crippen LogP contribution in [0.5, 0.6) is 5.75 Å². The second-order valence-electron chi connectivity index (χ2n) is 9.06. The molecule has 3 rings (SSSR count). The van der Waals surface area contributed by atoms with Crippen LogP contribution in [0.2, 0.25) is 0 Å². The molecule has 1 heterocycles. The van der Waals surface area contributed by atoms with Gasteiger partial charge >= 0.3 is 12.0 Å². The predicted octanol–water partition coefficient (Wildman–Crippen LogP) is 2.93. The second kappa shape index (κ2) is 13.0. The van der Waals surface area contributed by atoms with Crippen LogP contribution in [0.25, 0.3) is 0 Å². The van der Waals surface area contributed by atoms with Gasteiger partial charge in [0.2, 0.25) is 11.9 Å². The van der Waals surface area contributed by atoms with Crippen LogP contribution in [0.15, 0.2) is 23.2 Å². The first-order valence-electron chi connectivity index (χ1n) is 12.4. The number of nitrogens with one attached hydrogen (secondary N) is 2. The molecular weight excluding hydrogens is 450 g/mol. The summed E-state index contributed by atoms with van der Waals surface area (Å²) < 4.78 is 11.5. The SMILES string of the molecule is CCNC(=O)NC1=Nc2ccc(OCCCC(=O)N(C)C)cc2CN1CC(=O)OC1CCCCC1. The molecule has 2 aliphatic rings. The van der Waals surface area contributed by atoms with Gasteiger partial charge in [0.25, 0.3) is 0 Å². The van der Waals surface area contributed by atoms with Gasteiger partial charge in [0.05, 0.1) is 12.3 Å². The largest absolute Gasteiger partial charge is 0.494 e. The van der Waals surface area contributed by atoms with Crippen molar-refractivity contribution in [2.24, 2.45) is 4.99 Å². The summed E-state index contributed by atoms with van der Waals surface area (Å²) in [5, 5.41) is 5.44. The van der Waals surface area contributed by atoms with Gasteiger partial charge in [-0.1, -0.05) is 6.42 Å². The van der Waals surface area contributed by atoms with Crippen LogP contribution in [-0.2, 0) is 20.9 Å². The average molecular weight is 488 g/mol. The van der Waals surface area contributed by atoms with E-state index in [1.807, 2.05) is 25.1 Å². The van der Waals surface area contributed by atoms with Crippen molar-refractivity contribution >= 4 is 29.6 Å². The van der Waals surface area contributed by atoms with Crippen LogP contribution in [-0.4, -0.2) is 73.6 Å². The van der Waals surface area contributed by atoms with Gasteiger partial charge in [-0.05, 0) is 57.2 Å². The molecule has 1 aromatic carbocycles. The molecule has 10 heteroatoms. The fourth-order valence-corrected chi connectivity index (χ4v) is 4.10. The number of esters is 1. The Labute approximate surface area is 207 Å². The summed E-state index contributed by atoms with van der Waals surface area (Å²) in [6.07, 6.45) is 6.13. The number of aliphatic imine (C=N–C) groups is 1. The number of guanidine groups is 1. The Hall–Kier alpha value is -3.30. The normalized spacial score (nSPS) is 15.5. The number of rotatable bonds is 9. The molecule has 1 aromatic rings. The number of carbonyl (C=O) groups is 3. The first-order valence-corrected chi connectivity index (χ1v) is 12.4. The Morgan fingerprint density at radius 3 is 2.66 bits per heavy atom. The lowest BCUT2D eigenvalue weighted by Gasteiger charge is -2.30. The zero-order valence-electron chi connectivity index (χ0n) is 21.0. The summed E-state index contributed by atoms with van der Waals surface area (Å²) in [7, 11) is 3.47. The minimum atomic E-state index is -0.382. The molecule has 2 N–H and O–H groups in total. The average Bonchev–Trinajstić information content (AvgIpc) is 2.82. The van der Waals surface area contributed by atoms with E-state index < -0.39 is 0 Å². The smallest absolute Gasteiger partial charge is 0.325 e. The van der Waals surface area contributed by atoms with Crippen molar-refractivity contribution in [3.63, 3.8) is 0 Å². The third-order valence-corrected chi connectivity index (χ3v) is 5.97. The van der Waals surface area contributed by atoms with E-state index in [1.165, 1.54) is 6.42 Å². The summed E-state index contributed by atoms with van der Waals surface area (Å²) in [4.78, 5) is 44.4. The maximum Gasteiger partial charge on any atom is 0.325 e. The van der Waals surface area contributed by atoms with E-state index in [-0.39, 0.29) is 30.6 Å². The highest BCUT2D eigenvalue weighted by Crippen LogP contribution is 2.30.